The number of nitrogens with zero attached hydrogens (tertiary/aromatic N) is 2. The van der Waals surface area contributed by atoms with Crippen LogP contribution in [-0.4, -0.2) is 21.0 Å². The summed E-state index contributed by atoms with van der Waals surface area (Å²) >= 11 is 6.25. The van der Waals surface area contributed by atoms with Crippen LogP contribution in [0.5, 0.6) is 0 Å². The maximum Gasteiger partial charge on any atom is 0.0862 e. The van der Waals surface area contributed by atoms with Gasteiger partial charge in [-0.3, -0.25) is 4.68 Å². The maximum atomic E-state index is 9.98. The Morgan fingerprint density at radius 2 is 2.28 bits per heavy atom. The first-order valence-corrected chi connectivity index (χ1v) is 6.91. The van der Waals surface area contributed by atoms with Crippen molar-refractivity contribution in [2.24, 2.45) is 5.41 Å². The lowest BCUT2D eigenvalue weighted by Crippen LogP contribution is -2.25. The van der Waals surface area contributed by atoms with Crippen LogP contribution in [0, 0.1) is 5.41 Å². The molecule has 1 atom stereocenters. The normalized spacial score (nSPS) is 22.9. The average molecular weight is 269 g/mol. The Bertz CT molecular complexity index is 462. The number of rotatable bonds is 3. The van der Waals surface area contributed by atoms with Crippen molar-refractivity contribution in [2.75, 3.05) is 0 Å². The van der Waals surface area contributed by atoms with Gasteiger partial charge in [0.05, 0.1) is 23.0 Å². The molecule has 1 aliphatic rings. The third-order valence-electron chi connectivity index (χ3n) is 3.36. The SMILES string of the molecule is CCCn1ncc(Cl)c1C1=CC(O)CC(C)(C)C1. The first-order chi connectivity index (χ1) is 8.43. The summed E-state index contributed by atoms with van der Waals surface area (Å²) < 4.78 is 1.95. The summed E-state index contributed by atoms with van der Waals surface area (Å²) in [6, 6.07) is 0. The van der Waals surface area contributed by atoms with Crippen LogP contribution in [0.2, 0.25) is 5.02 Å². The van der Waals surface area contributed by atoms with Crippen LogP contribution in [0.4, 0.5) is 0 Å². The summed E-state index contributed by atoms with van der Waals surface area (Å²) in [6.07, 6.45) is 5.99. The van der Waals surface area contributed by atoms with E-state index in [9.17, 15) is 5.11 Å². The highest BCUT2D eigenvalue weighted by molar-refractivity contribution is 6.32. The van der Waals surface area contributed by atoms with Crippen LogP contribution >= 0.6 is 11.6 Å². The summed E-state index contributed by atoms with van der Waals surface area (Å²) in [5.74, 6) is 0. The van der Waals surface area contributed by atoms with Gasteiger partial charge in [-0.2, -0.15) is 5.10 Å². The number of aryl methyl sites for hydroxylation is 1. The average Bonchev–Trinajstić information content (AvgIpc) is 2.57. The van der Waals surface area contributed by atoms with Gasteiger partial charge in [0, 0.05) is 6.54 Å². The standard InChI is InChI=1S/C14H21ClN2O/c1-4-5-17-13(12(15)9-16-17)10-6-11(18)8-14(2,3)7-10/h6,9,11,18H,4-5,7-8H2,1-3H3. The van der Waals surface area contributed by atoms with E-state index in [0.717, 1.165) is 37.1 Å². The van der Waals surface area contributed by atoms with Crippen LogP contribution in [-0.2, 0) is 6.54 Å². The molecule has 0 fully saturated rings. The molecule has 2 rings (SSSR count). The lowest BCUT2D eigenvalue weighted by atomic mass is 9.75. The number of halogens is 1. The zero-order valence-corrected chi connectivity index (χ0v) is 12.0. The molecule has 1 N–H and O–H groups in total. The first-order valence-electron chi connectivity index (χ1n) is 6.53. The lowest BCUT2D eigenvalue weighted by molar-refractivity contribution is 0.146. The van der Waals surface area contributed by atoms with Gasteiger partial charge in [0.2, 0.25) is 0 Å². The maximum absolute atomic E-state index is 9.98. The van der Waals surface area contributed by atoms with Crippen molar-refractivity contribution in [1.82, 2.24) is 9.78 Å². The Kier molecular flexibility index (Phi) is 3.83. The molecule has 0 spiro atoms. The molecule has 1 aromatic rings. The van der Waals surface area contributed by atoms with E-state index >= 15 is 0 Å². The number of hydrogen-bond donors (Lipinski definition) is 1. The highest BCUT2D eigenvalue weighted by atomic mass is 35.5. The number of hydrogen-bond acceptors (Lipinski definition) is 2. The van der Waals surface area contributed by atoms with Gasteiger partial charge < -0.3 is 5.11 Å². The smallest absolute Gasteiger partial charge is 0.0862 e. The minimum Gasteiger partial charge on any atom is -0.389 e. The van der Waals surface area contributed by atoms with Crippen LogP contribution in [0.1, 0.15) is 45.7 Å². The Morgan fingerprint density at radius 3 is 2.89 bits per heavy atom. The highest BCUT2D eigenvalue weighted by Crippen LogP contribution is 2.41. The number of aliphatic hydroxyl groups excluding tert-OH is 1. The Labute approximate surface area is 113 Å². The van der Waals surface area contributed by atoms with Crippen LogP contribution in [0.25, 0.3) is 5.57 Å². The van der Waals surface area contributed by atoms with Crippen molar-refractivity contribution in [3.63, 3.8) is 0 Å². The van der Waals surface area contributed by atoms with E-state index in [1.807, 2.05) is 10.8 Å². The van der Waals surface area contributed by atoms with E-state index in [2.05, 4.69) is 25.9 Å². The second-order valence-corrected chi connectivity index (χ2v) is 6.28. The monoisotopic (exact) mass is 268 g/mol. The minimum absolute atomic E-state index is 0.105. The molecule has 0 aliphatic heterocycles. The fourth-order valence-corrected chi connectivity index (χ4v) is 2.99. The van der Waals surface area contributed by atoms with Gasteiger partial charge in [0.15, 0.2) is 0 Å². The fraction of sp³-hybridized carbons (Fsp3) is 0.643. The van der Waals surface area contributed by atoms with Crippen LogP contribution in [0.15, 0.2) is 12.3 Å². The van der Waals surface area contributed by atoms with Gasteiger partial charge in [-0.1, -0.05) is 38.4 Å². The molecule has 0 saturated heterocycles. The van der Waals surface area contributed by atoms with Crippen molar-refractivity contribution in [3.05, 3.63) is 23.0 Å². The molecule has 1 unspecified atom stereocenters. The molecule has 4 heteroatoms. The van der Waals surface area contributed by atoms with Crippen molar-refractivity contribution in [2.45, 2.75) is 52.7 Å². The Morgan fingerprint density at radius 1 is 1.56 bits per heavy atom. The van der Waals surface area contributed by atoms with E-state index in [-0.39, 0.29) is 11.5 Å². The van der Waals surface area contributed by atoms with Crippen molar-refractivity contribution >= 4 is 17.2 Å². The molecule has 0 aromatic carbocycles. The Balaban J connectivity index is 2.39. The van der Waals surface area contributed by atoms with E-state index < -0.39 is 0 Å². The molecular formula is C14H21ClN2O. The molecule has 1 aliphatic carbocycles. The molecule has 3 nitrogen and oxygen atoms in total. The summed E-state index contributed by atoms with van der Waals surface area (Å²) in [5.41, 5.74) is 2.20. The summed E-state index contributed by atoms with van der Waals surface area (Å²) in [4.78, 5) is 0. The number of allylic oxidation sites excluding steroid dienone is 1. The molecule has 0 saturated carbocycles. The van der Waals surface area contributed by atoms with E-state index in [1.54, 1.807) is 6.20 Å². The third-order valence-corrected chi connectivity index (χ3v) is 3.64. The minimum atomic E-state index is -0.384. The van der Waals surface area contributed by atoms with Gasteiger partial charge in [-0.25, -0.2) is 0 Å². The van der Waals surface area contributed by atoms with Gasteiger partial charge in [-0.05, 0) is 30.3 Å². The van der Waals surface area contributed by atoms with Crippen LogP contribution in [0.3, 0.4) is 0 Å². The van der Waals surface area contributed by atoms with E-state index in [4.69, 9.17) is 11.6 Å². The third kappa shape index (κ3) is 2.78. The second-order valence-electron chi connectivity index (χ2n) is 5.87. The summed E-state index contributed by atoms with van der Waals surface area (Å²) in [6.45, 7) is 7.33. The molecule has 0 amide bonds. The van der Waals surface area contributed by atoms with E-state index in [0.29, 0.717) is 5.02 Å². The van der Waals surface area contributed by atoms with Gasteiger partial charge in [0.1, 0.15) is 0 Å². The summed E-state index contributed by atoms with van der Waals surface area (Å²) in [7, 11) is 0. The molecule has 1 heterocycles. The van der Waals surface area contributed by atoms with Gasteiger partial charge in [0.25, 0.3) is 0 Å². The molecule has 100 valence electrons. The second kappa shape index (κ2) is 5.06. The van der Waals surface area contributed by atoms with E-state index in [1.165, 1.54) is 0 Å². The van der Waals surface area contributed by atoms with Gasteiger partial charge in [-0.15, -0.1) is 0 Å². The zero-order valence-electron chi connectivity index (χ0n) is 11.3. The lowest BCUT2D eigenvalue weighted by Gasteiger charge is -2.32. The Hall–Kier alpha value is -0.800. The molecule has 1 aromatic heterocycles. The quantitative estimate of drug-likeness (QED) is 0.911. The molecule has 0 bridgehead atoms. The number of aliphatic hydroxyl groups is 1. The predicted octanol–water partition coefficient (Wildman–Crippen LogP) is 3.51. The molecule has 0 radical (unpaired) electrons. The predicted molar refractivity (Wildman–Crippen MR) is 74.5 cm³/mol. The topological polar surface area (TPSA) is 38.0 Å². The largest absolute Gasteiger partial charge is 0.389 e. The molecular weight excluding hydrogens is 248 g/mol. The van der Waals surface area contributed by atoms with Gasteiger partial charge >= 0.3 is 0 Å². The fourth-order valence-electron chi connectivity index (χ4n) is 2.73. The van der Waals surface area contributed by atoms with Crippen molar-refractivity contribution in [1.29, 1.82) is 0 Å². The van der Waals surface area contributed by atoms with Crippen molar-refractivity contribution in [3.8, 4) is 0 Å². The van der Waals surface area contributed by atoms with Crippen molar-refractivity contribution < 1.29 is 5.11 Å². The number of aromatic nitrogens is 2. The summed E-state index contributed by atoms with van der Waals surface area (Å²) in [5, 5.41) is 15.0. The zero-order chi connectivity index (χ0) is 13.3. The highest BCUT2D eigenvalue weighted by Gasteiger charge is 2.30. The van der Waals surface area contributed by atoms with Crippen LogP contribution < -0.4 is 0 Å². The molecule has 18 heavy (non-hydrogen) atoms. The first kappa shape index (κ1) is 13.6.